The molecule has 2 aromatic rings. The summed E-state index contributed by atoms with van der Waals surface area (Å²) in [6, 6.07) is 19.0. The summed E-state index contributed by atoms with van der Waals surface area (Å²) < 4.78 is 0. The SMILES string of the molecule is CCN(Cc1ccccc1)C(=O)CN1C(=O)S/C(=C/c2ccccc2)C1=O. The van der Waals surface area contributed by atoms with Gasteiger partial charge in [0.1, 0.15) is 6.54 Å². The van der Waals surface area contributed by atoms with Crippen molar-refractivity contribution >= 4 is 34.9 Å². The largest absolute Gasteiger partial charge is 0.337 e. The molecule has 6 heteroatoms. The number of carbonyl (C=O) groups is 3. The summed E-state index contributed by atoms with van der Waals surface area (Å²) in [5.41, 5.74) is 1.85. The molecule has 1 saturated heterocycles. The Morgan fingerprint density at radius 1 is 1.04 bits per heavy atom. The summed E-state index contributed by atoms with van der Waals surface area (Å²) in [6.07, 6.45) is 1.68. The maximum Gasteiger partial charge on any atom is 0.294 e. The second-order valence-electron chi connectivity index (χ2n) is 6.07. The van der Waals surface area contributed by atoms with Gasteiger partial charge in [-0.2, -0.15) is 0 Å². The van der Waals surface area contributed by atoms with E-state index in [4.69, 9.17) is 0 Å². The monoisotopic (exact) mass is 380 g/mol. The Kier molecular flexibility index (Phi) is 6.08. The first-order chi connectivity index (χ1) is 13.1. The first-order valence-corrected chi connectivity index (χ1v) is 9.52. The van der Waals surface area contributed by atoms with E-state index in [2.05, 4.69) is 0 Å². The average Bonchev–Trinajstić information content (AvgIpc) is 2.95. The Labute approximate surface area is 162 Å². The number of carbonyl (C=O) groups excluding carboxylic acids is 3. The van der Waals surface area contributed by atoms with Gasteiger partial charge in [0.15, 0.2) is 0 Å². The number of likely N-dealkylation sites (N-methyl/N-ethyl adjacent to an activating group) is 1. The molecule has 1 fully saturated rings. The fourth-order valence-corrected chi connectivity index (χ4v) is 3.59. The normalized spacial score (nSPS) is 15.4. The number of imide groups is 1. The van der Waals surface area contributed by atoms with Crippen LogP contribution in [-0.4, -0.2) is 39.9 Å². The van der Waals surface area contributed by atoms with Gasteiger partial charge in [-0.05, 0) is 35.9 Å². The van der Waals surface area contributed by atoms with Gasteiger partial charge >= 0.3 is 0 Å². The van der Waals surface area contributed by atoms with Gasteiger partial charge in [0, 0.05) is 13.1 Å². The topological polar surface area (TPSA) is 57.7 Å². The molecule has 1 aliphatic rings. The summed E-state index contributed by atoms with van der Waals surface area (Å²) >= 11 is 0.870. The van der Waals surface area contributed by atoms with Gasteiger partial charge in [-0.3, -0.25) is 19.3 Å². The zero-order chi connectivity index (χ0) is 19.2. The molecule has 5 nitrogen and oxygen atoms in total. The highest BCUT2D eigenvalue weighted by Crippen LogP contribution is 2.32. The lowest BCUT2D eigenvalue weighted by Gasteiger charge is -2.23. The minimum absolute atomic E-state index is 0.239. The molecular formula is C21H20N2O3S. The van der Waals surface area contributed by atoms with Gasteiger partial charge in [-0.15, -0.1) is 0 Å². The lowest BCUT2D eigenvalue weighted by atomic mass is 10.2. The molecule has 27 heavy (non-hydrogen) atoms. The first kappa shape index (κ1) is 18.9. The van der Waals surface area contributed by atoms with Crippen molar-refractivity contribution in [1.29, 1.82) is 0 Å². The van der Waals surface area contributed by atoms with E-state index in [9.17, 15) is 14.4 Å². The third kappa shape index (κ3) is 4.65. The molecule has 0 saturated carbocycles. The van der Waals surface area contributed by atoms with Crippen molar-refractivity contribution in [3.63, 3.8) is 0 Å². The number of rotatable bonds is 6. The zero-order valence-corrected chi connectivity index (χ0v) is 15.8. The molecule has 3 rings (SSSR count). The third-order valence-corrected chi connectivity index (χ3v) is 5.12. The first-order valence-electron chi connectivity index (χ1n) is 8.70. The second-order valence-corrected chi connectivity index (χ2v) is 7.07. The summed E-state index contributed by atoms with van der Waals surface area (Å²) in [4.78, 5) is 40.5. The molecule has 0 radical (unpaired) electrons. The van der Waals surface area contributed by atoms with Gasteiger partial charge in [0.25, 0.3) is 11.1 Å². The predicted octanol–water partition coefficient (Wildman–Crippen LogP) is 3.77. The number of hydrogen-bond donors (Lipinski definition) is 0. The van der Waals surface area contributed by atoms with Crippen LogP contribution >= 0.6 is 11.8 Å². The molecular weight excluding hydrogens is 360 g/mol. The Bertz CT molecular complexity index is 866. The molecule has 2 aromatic carbocycles. The van der Waals surface area contributed by atoms with E-state index in [0.29, 0.717) is 18.0 Å². The Balaban J connectivity index is 1.69. The highest BCUT2D eigenvalue weighted by atomic mass is 32.2. The summed E-state index contributed by atoms with van der Waals surface area (Å²) in [6.45, 7) is 2.59. The van der Waals surface area contributed by atoms with Gasteiger partial charge in [-0.1, -0.05) is 60.7 Å². The van der Waals surface area contributed by atoms with Crippen LogP contribution < -0.4 is 0 Å². The molecule has 0 unspecified atom stereocenters. The van der Waals surface area contributed by atoms with Crippen LogP contribution in [0.1, 0.15) is 18.1 Å². The number of benzene rings is 2. The molecule has 0 aliphatic carbocycles. The van der Waals surface area contributed by atoms with Crippen LogP contribution in [0, 0.1) is 0 Å². The maximum absolute atomic E-state index is 12.6. The van der Waals surface area contributed by atoms with Crippen LogP contribution in [-0.2, 0) is 16.1 Å². The van der Waals surface area contributed by atoms with Crippen molar-refractivity contribution in [3.8, 4) is 0 Å². The minimum atomic E-state index is -0.419. The zero-order valence-electron chi connectivity index (χ0n) is 15.0. The third-order valence-electron chi connectivity index (χ3n) is 4.21. The van der Waals surface area contributed by atoms with E-state index in [1.54, 1.807) is 11.0 Å². The number of thioether (sulfide) groups is 1. The Morgan fingerprint density at radius 2 is 1.67 bits per heavy atom. The highest BCUT2D eigenvalue weighted by Gasteiger charge is 2.36. The lowest BCUT2D eigenvalue weighted by Crippen LogP contribution is -2.41. The van der Waals surface area contributed by atoms with Gasteiger partial charge < -0.3 is 4.90 Å². The van der Waals surface area contributed by atoms with E-state index in [-0.39, 0.29) is 12.5 Å². The predicted molar refractivity (Wildman–Crippen MR) is 107 cm³/mol. The van der Waals surface area contributed by atoms with Crippen molar-refractivity contribution in [2.45, 2.75) is 13.5 Å². The fourth-order valence-electron chi connectivity index (χ4n) is 2.75. The smallest absolute Gasteiger partial charge is 0.294 e. The van der Waals surface area contributed by atoms with Crippen molar-refractivity contribution in [2.75, 3.05) is 13.1 Å². The number of amides is 3. The Morgan fingerprint density at radius 3 is 2.30 bits per heavy atom. The van der Waals surface area contributed by atoms with E-state index in [1.807, 2.05) is 67.6 Å². The fraction of sp³-hybridized carbons (Fsp3) is 0.190. The lowest BCUT2D eigenvalue weighted by molar-refractivity contribution is -0.136. The molecule has 0 atom stereocenters. The molecule has 3 amide bonds. The van der Waals surface area contributed by atoms with Crippen LogP contribution in [0.3, 0.4) is 0 Å². The van der Waals surface area contributed by atoms with Gasteiger partial charge in [0.2, 0.25) is 5.91 Å². The standard InChI is InChI=1S/C21H20N2O3S/c1-2-22(14-17-11-7-4-8-12-17)19(24)15-23-20(25)18(27-21(23)26)13-16-9-5-3-6-10-16/h3-13H,2,14-15H2,1H3/b18-13+. The summed E-state index contributed by atoms with van der Waals surface area (Å²) in [7, 11) is 0. The van der Waals surface area contributed by atoms with Crippen molar-refractivity contribution in [1.82, 2.24) is 9.80 Å². The molecule has 138 valence electrons. The van der Waals surface area contributed by atoms with E-state index in [0.717, 1.165) is 27.8 Å². The molecule has 0 spiro atoms. The summed E-state index contributed by atoms with van der Waals surface area (Å²) in [5.74, 6) is -0.664. The number of hydrogen-bond acceptors (Lipinski definition) is 4. The van der Waals surface area contributed by atoms with E-state index < -0.39 is 11.1 Å². The Hall–Kier alpha value is -2.86. The minimum Gasteiger partial charge on any atom is -0.337 e. The van der Waals surface area contributed by atoms with Crippen LogP contribution in [0.5, 0.6) is 0 Å². The second kappa shape index (κ2) is 8.68. The molecule has 0 N–H and O–H groups in total. The average molecular weight is 380 g/mol. The molecule has 1 heterocycles. The van der Waals surface area contributed by atoms with Crippen molar-refractivity contribution in [2.24, 2.45) is 0 Å². The number of nitrogens with zero attached hydrogens (tertiary/aromatic N) is 2. The van der Waals surface area contributed by atoms with E-state index >= 15 is 0 Å². The van der Waals surface area contributed by atoms with Crippen LogP contribution in [0.25, 0.3) is 6.08 Å². The molecule has 0 aromatic heterocycles. The molecule has 1 aliphatic heterocycles. The highest BCUT2D eigenvalue weighted by molar-refractivity contribution is 8.18. The molecule has 0 bridgehead atoms. The van der Waals surface area contributed by atoms with Crippen LogP contribution in [0.4, 0.5) is 4.79 Å². The van der Waals surface area contributed by atoms with Crippen LogP contribution in [0.15, 0.2) is 65.6 Å². The van der Waals surface area contributed by atoms with E-state index in [1.165, 1.54) is 0 Å². The quantitative estimate of drug-likeness (QED) is 0.716. The maximum atomic E-state index is 12.6. The van der Waals surface area contributed by atoms with Gasteiger partial charge in [0.05, 0.1) is 4.91 Å². The van der Waals surface area contributed by atoms with Gasteiger partial charge in [-0.25, -0.2) is 0 Å². The van der Waals surface area contributed by atoms with Crippen molar-refractivity contribution in [3.05, 3.63) is 76.7 Å². The van der Waals surface area contributed by atoms with Crippen molar-refractivity contribution < 1.29 is 14.4 Å². The summed E-state index contributed by atoms with van der Waals surface area (Å²) in [5, 5.41) is -0.411. The van der Waals surface area contributed by atoms with Crippen LogP contribution in [0.2, 0.25) is 0 Å².